The lowest BCUT2D eigenvalue weighted by Crippen LogP contribution is -2.31. The van der Waals surface area contributed by atoms with E-state index in [0.717, 1.165) is 37.6 Å². The van der Waals surface area contributed by atoms with Crippen LogP contribution in [0, 0.1) is 0 Å². The summed E-state index contributed by atoms with van der Waals surface area (Å²) >= 11 is 1.72. The second-order valence-corrected chi connectivity index (χ2v) is 7.74. The highest BCUT2D eigenvalue weighted by Crippen LogP contribution is 2.38. The Labute approximate surface area is 151 Å². The number of rotatable bonds is 4. The minimum absolute atomic E-state index is 0.631. The molecule has 1 fully saturated rings. The number of fused-ring (bicyclic) bond motifs is 1. The predicted molar refractivity (Wildman–Crippen MR) is 99.4 cm³/mol. The average Bonchev–Trinajstić information content (AvgIpc) is 3.36. The number of hydrogen-bond acceptors (Lipinski definition) is 5. The van der Waals surface area contributed by atoms with Gasteiger partial charge in [0.25, 0.3) is 0 Å². The van der Waals surface area contributed by atoms with E-state index in [0.29, 0.717) is 5.92 Å². The Hall–Kier alpha value is -2.11. The number of nitrogens with zero attached hydrogens (tertiary/aromatic N) is 4. The van der Waals surface area contributed by atoms with Gasteiger partial charge in [-0.15, -0.1) is 0 Å². The zero-order valence-electron chi connectivity index (χ0n) is 14.1. The molecule has 0 spiro atoms. The van der Waals surface area contributed by atoms with Crippen LogP contribution in [-0.2, 0) is 19.5 Å². The molecule has 0 atom stereocenters. The third-order valence-electron chi connectivity index (χ3n) is 5.05. The lowest BCUT2D eigenvalue weighted by atomic mass is 10.0. The molecule has 0 radical (unpaired) electrons. The first kappa shape index (κ1) is 15.2. The van der Waals surface area contributed by atoms with E-state index in [1.54, 1.807) is 11.3 Å². The molecule has 3 aromatic rings. The minimum Gasteiger partial charge on any atom is -0.294 e. The second kappa shape index (κ2) is 6.32. The molecule has 126 valence electrons. The third-order valence-corrected chi connectivity index (χ3v) is 5.74. The highest BCUT2D eigenvalue weighted by molar-refractivity contribution is 7.08. The van der Waals surface area contributed by atoms with Crippen LogP contribution in [0.1, 0.15) is 41.4 Å². The molecule has 4 heterocycles. The van der Waals surface area contributed by atoms with Gasteiger partial charge in [-0.05, 0) is 35.9 Å². The fourth-order valence-corrected chi connectivity index (χ4v) is 4.17. The van der Waals surface area contributed by atoms with E-state index in [2.05, 4.69) is 44.0 Å². The number of pyridine rings is 1. The van der Waals surface area contributed by atoms with E-state index in [-0.39, 0.29) is 0 Å². The maximum absolute atomic E-state index is 4.83. The van der Waals surface area contributed by atoms with E-state index in [9.17, 15) is 0 Å². The first-order valence-electron chi connectivity index (χ1n) is 8.90. The van der Waals surface area contributed by atoms with E-state index in [1.807, 2.05) is 12.3 Å². The summed E-state index contributed by atoms with van der Waals surface area (Å²) in [7, 11) is 0. The summed E-state index contributed by atoms with van der Waals surface area (Å²) in [5.74, 6) is 1.70. The molecule has 0 aromatic carbocycles. The van der Waals surface area contributed by atoms with Gasteiger partial charge in [0.1, 0.15) is 5.82 Å². The predicted octanol–water partition coefficient (Wildman–Crippen LogP) is 4.04. The minimum atomic E-state index is 0.631. The van der Waals surface area contributed by atoms with E-state index in [4.69, 9.17) is 4.98 Å². The van der Waals surface area contributed by atoms with Crippen molar-refractivity contribution in [2.45, 2.75) is 38.3 Å². The summed E-state index contributed by atoms with van der Waals surface area (Å²) < 4.78 is 0. The van der Waals surface area contributed by atoms with Crippen molar-refractivity contribution in [3.05, 3.63) is 64.0 Å². The average molecular weight is 348 g/mol. The van der Waals surface area contributed by atoms with Crippen molar-refractivity contribution in [3.63, 3.8) is 0 Å². The Morgan fingerprint density at radius 2 is 2.16 bits per heavy atom. The smallest absolute Gasteiger partial charge is 0.131 e. The Morgan fingerprint density at radius 3 is 3.00 bits per heavy atom. The molecule has 4 nitrogen and oxygen atoms in total. The summed E-state index contributed by atoms with van der Waals surface area (Å²) in [6.07, 6.45) is 7.49. The van der Waals surface area contributed by atoms with Crippen molar-refractivity contribution in [2.75, 3.05) is 6.54 Å². The van der Waals surface area contributed by atoms with Gasteiger partial charge < -0.3 is 0 Å². The zero-order valence-corrected chi connectivity index (χ0v) is 14.9. The van der Waals surface area contributed by atoms with Gasteiger partial charge in [-0.3, -0.25) is 9.88 Å². The molecule has 3 aromatic heterocycles. The first-order valence-corrected chi connectivity index (χ1v) is 9.84. The molecule has 5 rings (SSSR count). The summed E-state index contributed by atoms with van der Waals surface area (Å²) in [6, 6.07) is 6.38. The van der Waals surface area contributed by atoms with Gasteiger partial charge in [0.05, 0.1) is 5.69 Å². The standard InChI is InChI=1S/C20H20N4S/c1-2-15(19(21-7-1)16-6-9-25-13-16)11-24-8-5-18-17(12-24)10-22-20(23-18)14-3-4-14/h1-2,6-7,9-10,13-14H,3-5,8,11-12H2. The van der Waals surface area contributed by atoms with Crippen molar-refractivity contribution in [2.24, 2.45) is 0 Å². The van der Waals surface area contributed by atoms with E-state index < -0.39 is 0 Å². The van der Waals surface area contributed by atoms with Gasteiger partial charge in [-0.25, -0.2) is 9.97 Å². The topological polar surface area (TPSA) is 41.9 Å². The number of hydrogen-bond donors (Lipinski definition) is 0. The Kier molecular flexibility index (Phi) is 3.83. The van der Waals surface area contributed by atoms with Gasteiger partial charge in [-0.2, -0.15) is 11.3 Å². The van der Waals surface area contributed by atoms with Crippen LogP contribution < -0.4 is 0 Å². The summed E-state index contributed by atoms with van der Waals surface area (Å²) in [4.78, 5) is 16.5. The molecule has 0 N–H and O–H groups in total. The van der Waals surface area contributed by atoms with Gasteiger partial charge in [0.15, 0.2) is 0 Å². The fourth-order valence-electron chi connectivity index (χ4n) is 3.53. The first-order chi connectivity index (χ1) is 12.4. The number of thiophene rings is 1. The molecule has 0 saturated heterocycles. The molecule has 0 amide bonds. The van der Waals surface area contributed by atoms with Crippen LogP contribution in [-0.4, -0.2) is 26.4 Å². The van der Waals surface area contributed by atoms with Gasteiger partial charge in [-0.1, -0.05) is 6.07 Å². The van der Waals surface area contributed by atoms with Crippen molar-refractivity contribution in [1.82, 2.24) is 19.9 Å². The second-order valence-electron chi connectivity index (χ2n) is 6.96. The van der Waals surface area contributed by atoms with Crippen LogP contribution in [0.2, 0.25) is 0 Å². The highest BCUT2D eigenvalue weighted by atomic mass is 32.1. The molecule has 0 bridgehead atoms. The largest absolute Gasteiger partial charge is 0.294 e. The van der Waals surface area contributed by atoms with Crippen LogP contribution in [0.5, 0.6) is 0 Å². The van der Waals surface area contributed by atoms with Gasteiger partial charge >= 0.3 is 0 Å². The van der Waals surface area contributed by atoms with Gasteiger partial charge in [0, 0.05) is 66.6 Å². The monoisotopic (exact) mass is 348 g/mol. The molecule has 25 heavy (non-hydrogen) atoms. The highest BCUT2D eigenvalue weighted by Gasteiger charge is 2.28. The fraction of sp³-hybridized carbons (Fsp3) is 0.350. The molecule has 2 aliphatic rings. The lowest BCUT2D eigenvalue weighted by molar-refractivity contribution is 0.242. The van der Waals surface area contributed by atoms with Crippen LogP contribution in [0.15, 0.2) is 41.4 Å². The molecular formula is C20H20N4S. The lowest BCUT2D eigenvalue weighted by Gasteiger charge is -2.28. The number of aromatic nitrogens is 3. The summed E-state index contributed by atoms with van der Waals surface area (Å²) in [5.41, 5.74) is 6.17. The van der Waals surface area contributed by atoms with Gasteiger partial charge in [0.2, 0.25) is 0 Å². The Morgan fingerprint density at radius 1 is 1.20 bits per heavy atom. The van der Waals surface area contributed by atoms with Crippen molar-refractivity contribution in [3.8, 4) is 11.3 Å². The van der Waals surface area contributed by atoms with Crippen LogP contribution >= 0.6 is 11.3 Å². The van der Waals surface area contributed by atoms with Crippen LogP contribution in [0.25, 0.3) is 11.3 Å². The SMILES string of the molecule is c1cnc(-c2ccsc2)c(CN2CCc3nc(C4CC4)ncc3C2)c1. The quantitative estimate of drug-likeness (QED) is 0.714. The Balaban J connectivity index is 1.36. The summed E-state index contributed by atoms with van der Waals surface area (Å²) in [6.45, 7) is 2.90. The van der Waals surface area contributed by atoms with Crippen LogP contribution in [0.4, 0.5) is 0 Å². The van der Waals surface area contributed by atoms with Crippen molar-refractivity contribution in [1.29, 1.82) is 0 Å². The van der Waals surface area contributed by atoms with E-state index in [1.165, 1.54) is 35.2 Å². The Bertz CT molecular complexity index is 886. The maximum Gasteiger partial charge on any atom is 0.131 e. The van der Waals surface area contributed by atoms with Crippen molar-refractivity contribution >= 4 is 11.3 Å². The molecule has 0 unspecified atom stereocenters. The molecule has 1 aliphatic carbocycles. The summed E-state index contributed by atoms with van der Waals surface area (Å²) in [5, 5.41) is 4.28. The normalized spacial score (nSPS) is 17.4. The zero-order chi connectivity index (χ0) is 16.6. The molecular weight excluding hydrogens is 328 g/mol. The van der Waals surface area contributed by atoms with Crippen molar-refractivity contribution < 1.29 is 0 Å². The van der Waals surface area contributed by atoms with Crippen LogP contribution in [0.3, 0.4) is 0 Å². The molecule has 5 heteroatoms. The van der Waals surface area contributed by atoms with E-state index >= 15 is 0 Å². The third kappa shape index (κ3) is 3.10. The molecule has 1 aliphatic heterocycles. The maximum atomic E-state index is 4.83. The molecule has 1 saturated carbocycles.